The molecule has 2 amide bonds. The lowest BCUT2D eigenvalue weighted by Crippen LogP contribution is -2.43. The van der Waals surface area contributed by atoms with Crippen LogP contribution in [0.25, 0.3) is 0 Å². The van der Waals surface area contributed by atoms with Gasteiger partial charge in [0.2, 0.25) is 0 Å². The number of hydrogen-bond acceptors (Lipinski definition) is 5. The van der Waals surface area contributed by atoms with Crippen molar-refractivity contribution in [3.63, 3.8) is 0 Å². The number of amides is 2. The number of nitrogens with one attached hydrogen (secondary N) is 2. The van der Waals surface area contributed by atoms with Gasteiger partial charge in [-0.15, -0.1) is 0 Å². The van der Waals surface area contributed by atoms with Gasteiger partial charge in [0.15, 0.2) is 6.61 Å². The number of carbonyl (C=O) groups is 3. The van der Waals surface area contributed by atoms with Gasteiger partial charge in [0, 0.05) is 5.56 Å². The zero-order valence-electron chi connectivity index (χ0n) is 17.6. The maximum atomic E-state index is 12.5. The number of carbonyl (C=O) groups excluding carboxylic acids is 3. The first-order valence-electron chi connectivity index (χ1n) is 9.14. The molecule has 0 fully saturated rings. The van der Waals surface area contributed by atoms with Crippen LogP contribution in [0.15, 0.2) is 24.3 Å². The molecule has 0 saturated heterocycles. The second-order valence-electron chi connectivity index (χ2n) is 6.81. The van der Waals surface area contributed by atoms with E-state index in [4.69, 9.17) is 9.47 Å². The van der Waals surface area contributed by atoms with Crippen molar-refractivity contribution in [2.45, 2.75) is 34.6 Å². The van der Waals surface area contributed by atoms with E-state index in [1.165, 1.54) is 7.11 Å². The van der Waals surface area contributed by atoms with Crippen LogP contribution < -0.4 is 15.6 Å². The molecule has 29 heavy (non-hydrogen) atoms. The monoisotopic (exact) mass is 398 g/mol. The number of methoxy groups -OCH3 is 1. The van der Waals surface area contributed by atoms with Crippen LogP contribution in [-0.4, -0.2) is 31.5 Å². The average Bonchev–Trinajstić information content (AvgIpc) is 2.73. The summed E-state index contributed by atoms with van der Waals surface area (Å²) in [6, 6.07) is 6.39. The smallest absolute Gasteiger partial charge is 0.339 e. The van der Waals surface area contributed by atoms with Crippen LogP contribution in [0.2, 0.25) is 0 Å². The van der Waals surface area contributed by atoms with Gasteiger partial charge in [0.05, 0.1) is 12.7 Å². The zero-order chi connectivity index (χ0) is 21.7. The third-order valence-corrected chi connectivity index (χ3v) is 5.21. The predicted molar refractivity (Wildman–Crippen MR) is 109 cm³/mol. The highest BCUT2D eigenvalue weighted by Gasteiger charge is 2.20. The van der Waals surface area contributed by atoms with E-state index < -0.39 is 24.4 Å². The van der Waals surface area contributed by atoms with Gasteiger partial charge in [0.25, 0.3) is 11.8 Å². The number of benzene rings is 2. The second kappa shape index (κ2) is 9.23. The van der Waals surface area contributed by atoms with Crippen molar-refractivity contribution in [1.82, 2.24) is 10.9 Å². The predicted octanol–water partition coefficient (Wildman–Crippen LogP) is 2.86. The highest BCUT2D eigenvalue weighted by Crippen LogP contribution is 2.26. The first kappa shape index (κ1) is 21.9. The van der Waals surface area contributed by atoms with Crippen LogP contribution in [0.3, 0.4) is 0 Å². The molecule has 2 aromatic rings. The van der Waals surface area contributed by atoms with E-state index in [1.807, 2.05) is 34.6 Å². The quantitative estimate of drug-likeness (QED) is 0.597. The molecule has 0 unspecified atom stereocenters. The van der Waals surface area contributed by atoms with E-state index in [0.717, 1.165) is 27.8 Å². The van der Waals surface area contributed by atoms with Gasteiger partial charge >= 0.3 is 5.97 Å². The second-order valence-corrected chi connectivity index (χ2v) is 6.81. The average molecular weight is 398 g/mol. The molecule has 0 aliphatic carbocycles. The topological polar surface area (TPSA) is 93.7 Å². The maximum absolute atomic E-state index is 12.5. The molecule has 0 radical (unpaired) electrons. The highest BCUT2D eigenvalue weighted by molar-refractivity contribution is 5.97. The molecule has 0 aliphatic rings. The van der Waals surface area contributed by atoms with E-state index in [1.54, 1.807) is 24.3 Å². The molecule has 7 nitrogen and oxygen atoms in total. The lowest BCUT2D eigenvalue weighted by atomic mass is 9.90. The molecule has 154 valence electrons. The Morgan fingerprint density at radius 3 is 1.83 bits per heavy atom. The minimum Gasteiger partial charge on any atom is -0.497 e. The molecular weight excluding hydrogens is 372 g/mol. The molecule has 0 atom stereocenters. The largest absolute Gasteiger partial charge is 0.497 e. The zero-order valence-corrected chi connectivity index (χ0v) is 17.6. The van der Waals surface area contributed by atoms with Crippen molar-refractivity contribution in [1.29, 1.82) is 0 Å². The van der Waals surface area contributed by atoms with Crippen molar-refractivity contribution in [2.75, 3.05) is 13.7 Å². The Morgan fingerprint density at radius 2 is 1.31 bits per heavy atom. The lowest BCUT2D eigenvalue weighted by molar-refractivity contribution is -0.125. The van der Waals surface area contributed by atoms with Crippen molar-refractivity contribution in [3.8, 4) is 5.75 Å². The third-order valence-electron chi connectivity index (χ3n) is 5.21. The number of hydrazine groups is 1. The first-order chi connectivity index (χ1) is 13.7. The fourth-order valence-electron chi connectivity index (χ4n) is 2.99. The van der Waals surface area contributed by atoms with Crippen LogP contribution in [0, 0.1) is 34.6 Å². The van der Waals surface area contributed by atoms with Gasteiger partial charge in [-0.3, -0.25) is 20.4 Å². The van der Waals surface area contributed by atoms with Crippen molar-refractivity contribution >= 4 is 17.8 Å². The van der Waals surface area contributed by atoms with Gasteiger partial charge in [-0.25, -0.2) is 4.79 Å². The molecule has 0 bridgehead atoms. The summed E-state index contributed by atoms with van der Waals surface area (Å²) >= 11 is 0. The van der Waals surface area contributed by atoms with Crippen molar-refractivity contribution in [3.05, 3.63) is 63.2 Å². The van der Waals surface area contributed by atoms with Gasteiger partial charge < -0.3 is 9.47 Å². The Labute approximate surface area is 170 Å². The first-order valence-corrected chi connectivity index (χ1v) is 9.14. The molecule has 2 N–H and O–H groups in total. The fourth-order valence-corrected chi connectivity index (χ4v) is 2.99. The van der Waals surface area contributed by atoms with E-state index in [9.17, 15) is 14.4 Å². The summed E-state index contributed by atoms with van der Waals surface area (Å²) in [5.74, 6) is -1.09. The Bertz CT molecular complexity index is 920. The van der Waals surface area contributed by atoms with E-state index in [2.05, 4.69) is 10.9 Å². The van der Waals surface area contributed by atoms with Gasteiger partial charge in [-0.05, 0) is 86.7 Å². The Morgan fingerprint density at radius 1 is 0.793 bits per heavy atom. The van der Waals surface area contributed by atoms with Crippen LogP contribution >= 0.6 is 0 Å². The number of esters is 1. The number of rotatable bonds is 5. The standard InChI is InChI=1S/C22H26N2O5/c1-12-13(2)15(4)20(16(5)14(12)3)22(27)29-11-19(25)23-24-21(26)17-7-9-18(28-6)10-8-17/h7-10H,11H2,1-6H3,(H,23,25)(H,24,26). The number of hydrogen-bond donors (Lipinski definition) is 2. The van der Waals surface area contributed by atoms with Crippen molar-refractivity contribution < 1.29 is 23.9 Å². The summed E-state index contributed by atoms with van der Waals surface area (Å²) < 4.78 is 10.2. The summed E-state index contributed by atoms with van der Waals surface area (Å²) in [6.07, 6.45) is 0. The van der Waals surface area contributed by atoms with Crippen LogP contribution in [-0.2, 0) is 9.53 Å². The molecular formula is C22H26N2O5. The molecule has 0 spiro atoms. The van der Waals surface area contributed by atoms with Crippen LogP contribution in [0.1, 0.15) is 48.5 Å². The molecule has 0 saturated carbocycles. The Hall–Kier alpha value is -3.35. The van der Waals surface area contributed by atoms with Gasteiger partial charge in [0.1, 0.15) is 5.75 Å². The highest BCUT2D eigenvalue weighted by atomic mass is 16.5. The van der Waals surface area contributed by atoms with Crippen molar-refractivity contribution in [2.24, 2.45) is 0 Å². The van der Waals surface area contributed by atoms with Gasteiger partial charge in [-0.1, -0.05) is 0 Å². The van der Waals surface area contributed by atoms with Crippen LogP contribution in [0.4, 0.5) is 0 Å². The molecule has 2 rings (SSSR count). The van der Waals surface area contributed by atoms with E-state index in [0.29, 0.717) is 16.9 Å². The fraction of sp³-hybridized carbons (Fsp3) is 0.318. The van der Waals surface area contributed by atoms with E-state index in [-0.39, 0.29) is 0 Å². The van der Waals surface area contributed by atoms with Crippen LogP contribution in [0.5, 0.6) is 5.75 Å². The maximum Gasteiger partial charge on any atom is 0.339 e. The summed E-state index contributed by atoms with van der Waals surface area (Å²) in [7, 11) is 1.53. The Balaban J connectivity index is 1.94. The van der Waals surface area contributed by atoms with E-state index >= 15 is 0 Å². The summed E-state index contributed by atoms with van der Waals surface area (Å²) in [5, 5.41) is 0. The lowest BCUT2D eigenvalue weighted by Gasteiger charge is -2.17. The van der Waals surface area contributed by atoms with Gasteiger partial charge in [-0.2, -0.15) is 0 Å². The summed E-state index contributed by atoms with van der Waals surface area (Å²) in [6.45, 7) is 9.14. The number of ether oxygens (including phenoxy) is 2. The summed E-state index contributed by atoms with van der Waals surface area (Å²) in [4.78, 5) is 36.5. The third kappa shape index (κ3) is 4.93. The molecule has 0 heterocycles. The molecule has 7 heteroatoms. The minimum atomic E-state index is -0.643. The normalized spacial score (nSPS) is 10.3. The molecule has 0 aromatic heterocycles. The Kier molecular flexibility index (Phi) is 6.98. The summed E-state index contributed by atoms with van der Waals surface area (Å²) in [5.41, 5.74) is 10.2. The minimum absolute atomic E-state index is 0.347. The molecule has 0 aliphatic heterocycles. The SMILES string of the molecule is COc1ccc(C(=O)NNC(=O)COC(=O)c2c(C)c(C)c(C)c(C)c2C)cc1. The molecule has 2 aromatic carbocycles.